The molecule has 8 nitrogen and oxygen atoms in total. The number of anilines is 1. The first kappa shape index (κ1) is 15.3. The summed E-state index contributed by atoms with van der Waals surface area (Å²) in [5, 5.41) is 24.4. The summed E-state index contributed by atoms with van der Waals surface area (Å²) in [6, 6.07) is 1.29. The number of hydrogen-bond donors (Lipinski definition) is 3. The standard InChI is InChI=1S/C11H12FN3O5/c1-2-13-10(16)5-14-8-3-6(11(17)18)7(12)4-9(8)15(19)20/h3-4,14H,2,5H2,1H3,(H,13,16)(H,17,18). The number of benzene rings is 1. The summed E-state index contributed by atoms with van der Waals surface area (Å²) in [5.74, 6) is -3.20. The van der Waals surface area contributed by atoms with E-state index in [0.29, 0.717) is 12.6 Å². The van der Waals surface area contributed by atoms with E-state index in [9.17, 15) is 24.1 Å². The number of amides is 1. The van der Waals surface area contributed by atoms with Crippen LogP contribution in [-0.2, 0) is 4.79 Å². The number of rotatable bonds is 6. The molecule has 0 spiro atoms. The van der Waals surface area contributed by atoms with Gasteiger partial charge in [0.05, 0.1) is 23.1 Å². The first-order valence-electron chi connectivity index (χ1n) is 5.58. The van der Waals surface area contributed by atoms with Crippen molar-refractivity contribution in [2.24, 2.45) is 0 Å². The van der Waals surface area contributed by atoms with Crippen molar-refractivity contribution in [2.75, 3.05) is 18.4 Å². The van der Waals surface area contributed by atoms with Crippen molar-refractivity contribution in [1.29, 1.82) is 0 Å². The van der Waals surface area contributed by atoms with E-state index in [1.54, 1.807) is 6.92 Å². The third kappa shape index (κ3) is 3.64. The Kier molecular flexibility index (Phi) is 4.95. The number of hydrogen-bond acceptors (Lipinski definition) is 5. The Bertz CT molecular complexity index is 561. The van der Waals surface area contributed by atoms with Crippen LogP contribution >= 0.6 is 0 Å². The molecule has 0 aromatic heterocycles. The Labute approximate surface area is 112 Å². The average Bonchev–Trinajstić information content (AvgIpc) is 2.36. The fraction of sp³-hybridized carbons (Fsp3) is 0.273. The van der Waals surface area contributed by atoms with Crippen molar-refractivity contribution in [3.63, 3.8) is 0 Å². The summed E-state index contributed by atoms with van der Waals surface area (Å²) in [7, 11) is 0. The van der Waals surface area contributed by atoms with Crippen LogP contribution in [-0.4, -0.2) is 35.0 Å². The van der Waals surface area contributed by atoms with Crippen molar-refractivity contribution in [2.45, 2.75) is 6.92 Å². The van der Waals surface area contributed by atoms with Gasteiger partial charge in [-0.2, -0.15) is 0 Å². The molecule has 0 fully saturated rings. The highest BCUT2D eigenvalue weighted by atomic mass is 19.1. The van der Waals surface area contributed by atoms with Crippen molar-refractivity contribution in [3.05, 3.63) is 33.6 Å². The molecule has 1 amide bonds. The van der Waals surface area contributed by atoms with Crippen molar-refractivity contribution in [3.8, 4) is 0 Å². The zero-order valence-electron chi connectivity index (χ0n) is 10.5. The van der Waals surface area contributed by atoms with Crippen molar-refractivity contribution < 1.29 is 24.0 Å². The number of carbonyl (C=O) groups excluding carboxylic acids is 1. The van der Waals surface area contributed by atoms with Gasteiger partial charge >= 0.3 is 5.97 Å². The Morgan fingerprint density at radius 3 is 2.60 bits per heavy atom. The normalized spacial score (nSPS) is 9.90. The number of halogens is 1. The molecule has 0 heterocycles. The number of nitro groups is 1. The molecule has 0 bridgehead atoms. The molecule has 108 valence electrons. The van der Waals surface area contributed by atoms with E-state index < -0.39 is 33.9 Å². The first-order chi connectivity index (χ1) is 9.36. The highest BCUT2D eigenvalue weighted by molar-refractivity contribution is 5.91. The fourth-order valence-electron chi connectivity index (χ4n) is 1.45. The maximum Gasteiger partial charge on any atom is 0.338 e. The van der Waals surface area contributed by atoms with Gasteiger partial charge in [-0.05, 0) is 13.0 Å². The van der Waals surface area contributed by atoms with Crippen LogP contribution in [0, 0.1) is 15.9 Å². The van der Waals surface area contributed by atoms with Gasteiger partial charge in [0, 0.05) is 6.54 Å². The molecule has 20 heavy (non-hydrogen) atoms. The third-order valence-corrected chi connectivity index (χ3v) is 2.33. The van der Waals surface area contributed by atoms with E-state index in [4.69, 9.17) is 5.11 Å². The van der Waals surface area contributed by atoms with Gasteiger partial charge in [0.25, 0.3) is 5.69 Å². The monoisotopic (exact) mass is 285 g/mol. The van der Waals surface area contributed by atoms with E-state index in [1.807, 2.05) is 0 Å². The molecule has 3 N–H and O–H groups in total. The maximum atomic E-state index is 13.4. The van der Waals surface area contributed by atoms with Crippen LogP contribution in [0.5, 0.6) is 0 Å². The Morgan fingerprint density at radius 1 is 1.45 bits per heavy atom. The minimum Gasteiger partial charge on any atom is -0.478 e. The van der Waals surface area contributed by atoms with Gasteiger partial charge in [0.1, 0.15) is 11.5 Å². The first-order valence-corrected chi connectivity index (χ1v) is 5.58. The molecule has 1 rings (SSSR count). The highest BCUT2D eigenvalue weighted by Crippen LogP contribution is 2.27. The zero-order valence-corrected chi connectivity index (χ0v) is 10.5. The quantitative estimate of drug-likeness (QED) is 0.529. The van der Waals surface area contributed by atoms with E-state index in [2.05, 4.69) is 10.6 Å². The Balaban J connectivity index is 3.08. The Hall–Kier alpha value is -2.71. The molecule has 0 aliphatic heterocycles. The van der Waals surface area contributed by atoms with Crippen LogP contribution in [0.2, 0.25) is 0 Å². The molecule has 9 heteroatoms. The van der Waals surface area contributed by atoms with Crippen LogP contribution in [0.25, 0.3) is 0 Å². The molecular formula is C11H12FN3O5. The van der Waals surface area contributed by atoms with Gasteiger partial charge in [-0.15, -0.1) is 0 Å². The predicted octanol–water partition coefficient (Wildman–Crippen LogP) is 0.980. The summed E-state index contributed by atoms with van der Waals surface area (Å²) >= 11 is 0. The molecular weight excluding hydrogens is 273 g/mol. The number of nitro benzene ring substituents is 1. The van der Waals surface area contributed by atoms with E-state index in [-0.39, 0.29) is 12.2 Å². The van der Waals surface area contributed by atoms with Crippen LogP contribution in [0.4, 0.5) is 15.8 Å². The summed E-state index contributed by atoms with van der Waals surface area (Å²) in [5.41, 5.74) is -1.59. The second kappa shape index (κ2) is 6.45. The largest absolute Gasteiger partial charge is 0.478 e. The minimum absolute atomic E-state index is 0.236. The lowest BCUT2D eigenvalue weighted by atomic mass is 10.1. The smallest absolute Gasteiger partial charge is 0.338 e. The molecule has 0 unspecified atom stereocenters. The number of carboxylic acids is 1. The molecule has 1 aromatic carbocycles. The number of nitrogens with one attached hydrogen (secondary N) is 2. The number of likely N-dealkylation sites (N-methyl/N-ethyl adjacent to an activating group) is 1. The lowest BCUT2D eigenvalue weighted by Crippen LogP contribution is -2.29. The van der Waals surface area contributed by atoms with Gasteiger partial charge in [0.2, 0.25) is 5.91 Å². The Morgan fingerprint density at radius 2 is 2.10 bits per heavy atom. The minimum atomic E-state index is -1.56. The van der Waals surface area contributed by atoms with Gasteiger partial charge in [-0.1, -0.05) is 0 Å². The second-order valence-corrected chi connectivity index (χ2v) is 3.72. The van der Waals surface area contributed by atoms with Crippen LogP contribution < -0.4 is 10.6 Å². The van der Waals surface area contributed by atoms with Crippen molar-refractivity contribution in [1.82, 2.24) is 5.32 Å². The molecule has 0 atom stereocenters. The van der Waals surface area contributed by atoms with E-state index in [0.717, 1.165) is 6.07 Å². The second-order valence-electron chi connectivity index (χ2n) is 3.72. The van der Waals surface area contributed by atoms with Crippen LogP contribution in [0.1, 0.15) is 17.3 Å². The van der Waals surface area contributed by atoms with Gasteiger partial charge in [0.15, 0.2) is 0 Å². The van der Waals surface area contributed by atoms with Gasteiger partial charge in [-0.3, -0.25) is 14.9 Å². The molecule has 1 aromatic rings. The molecule has 0 saturated carbocycles. The molecule has 0 saturated heterocycles. The van der Waals surface area contributed by atoms with Crippen LogP contribution in [0.15, 0.2) is 12.1 Å². The topological polar surface area (TPSA) is 122 Å². The number of aromatic carboxylic acids is 1. The summed E-state index contributed by atoms with van der Waals surface area (Å²) in [4.78, 5) is 31.9. The number of nitrogens with zero attached hydrogens (tertiary/aromatic N) is 1. The fourth-order valence-corrected chi connectivity index (χ4v) is 1.45. The SMILES string of the molecule is CCNC(=O)CNc1cc(C(=O)O)c(F)cc1[N+](=O)[O-]. The molecule has 0 radical (unpaired) electrons. The average molecular weight is 285 g/mol. The number of carboxylic acid groups (broad SMARTS) is 1. The lowest BCUT2D eigenvalue weighted by Gasteiger charge is -2.08. The van der Waals surface area contributed by atoms with E-state index in [1.165, 1.54) is 0 Å². The maximum absolute atomic E-state index is 13.4. The summed E-state index contributed by atoms with van der Waals surface area (Å²) in [6.45, 7) is 1.78. The zero-order chi connectivity index (χ0) is 15.3. The lowest BCUT2D eigenvalue weighted by molar-refractivity contribution is -0.384. The predicted molar refractivity (Wildman–Crippen MR) is 67.2 cm³/mol. The third-order valence-electron chi connectivity index (χ3n) is 2.33. The van der Waals surface area contributed by atoms with Crippen LogP contribution in [0.3, 0.4) is 0 Å². The molecule has 0 aliphatic rings. The highest BCUT2D eigenvalue weighted by Gasteiger charge is 2.21. The van der Waals surface area contributed by atoms with Gasteiger partial charge in [-0.25, -0.2) is 9.18 Å². The van der Waals surface area contributed by atoms with E-state index >= 15 is 0 Å². The molecule has 0 aliphatic carbocycles. The summed E-state index contributed by atoms with van der Waals surface area (Å²) < 4.78 is 13.4. The van der Waals surface area contributed by atoms with Crippen molar-refractivity contribution >= 4 is 23.3 Å². The summed E-state index contributed by atoms with van der Waals surface area (Å²) in [6.07, 6.45) is 0. The number of carbonyl (C=O) groups is 2. The van der Waals surface area contributed by atoms with Gasteiger partial charge < -0.3 is 15.7 Å².